The molecule has 7 heteroatoms. The van der Waals surface area contributed by atoms with Crippen LogP contribution in [0.3, 0.4) is 0 Å². The standard InChI is InChI=1S/C16H14FNO4S/c1-11-2-6-13(7-3-11)23(21,22)18-15-10-12(4-8-14(15)17)5-9-16(19)20/h2-10,18H,1H3,(H,19,20)/b9-5+. The van der Waals surface area contributed by atoms with Crippen molar-refractivity contribution in [2.45, 2.75) is 11.8 Å². The van der Waals surface area contributed by atoms with Gasteiger partial charge < -0.3 is 5.11 Å². The number of rotatable bonds is 5. The van der Waals surface area contributed by atoms with E-state index >= 15 is 0 Å². The maximum absolute atomic E-state index is 13.8. The molecule has 0 unspecified atom stereocenters. The third-order valence-electron chi connectivity index (χ3n) is 2.98. The van der Waals surface area contributed by atoms with Crippen LogP contribution < -0.4 is 4.72 Å². The summed E-state index contributed by atoms with van der Waals surface area (Å²) in [5, 5.41) is 8.58. The molecular weight excluding hydrogens is 321 g/mol. The van der Waals surface area contributed by atoms with Crippen LogP contribution in [-0.4, -0.2) is 19.5 Å². The molecule has 23 heavy (non-hydrogen) atoms. The number of hydrogen-bond donors (Lipinski definition) is 2. The van der Waals surface area contributed by atoms with Gasteiger partial charge >= 0.3 is 5.97 Å². The molecule has 2 N–H and O–H groups in total. The van der Waals surface area contributed by atoms with E-state index in [-0.39, 0.29) is 10.6 Å². The number of hydrogen-bond acceptors (Lipinski definition) is 3. The van der Waals surface area contributed by atoms with Crippen molar-refractivity contribution in [3.8, 4) is 0 Å². The molecule has 0 amide bonds. The van der Waals surface area contributed by atoms with E-state index in [2.05, 4.69) is 4.72 Å². The second kappa shape index (κ2) is 6.62. The lowest BCUT2D eigenvalue weighted by atomic mass is 10.2. The van der Waals surface area contributed by atoms with Crippen molar-refractivity contribution >= 4 is 27.8 Å². The zero-order chi connectivity index (χ0) is 17.0. The quantitative estimate of drug-likeness (QED) is 0.823. The molecule has 0 saturated carbocycles. The van der Waals surface area contributed by atoms with Gasteiger partial charge in [0.2, 0.25) is 0 Å². The molecule has 0 aliphatic rings. The Bertz CT molecular complexity index is 858. The predicted octanol–water partition coefficient (Wildman–Crippen LogP) is 3.03. The van der Waals surface area contributed by atoms with E-state index in [1.165, 1.54) is 30.3 Å². The van der Waals surface area contributed by atoms with Gasteiger partial charge in [0, 0.05) is 6.08 Å². The van der Waals surface area contributed by atoms with E-state index in [0.29, 0.717) is 5.56 Å². The lowest BCUT2D eigenvalue weighted by Crippen LogP contribution is -2.14. The first-order chi connectivity index (χ1) is 10.8. The second-order valence-electron chi connectivity index (χ2n) is 4.83. The summed E-state index contributed by atoms with van der Waals surface area (Å²) in [5.74, 6) is -1.91. The van der Waals surface area contributed by atoms with Crippen molar-refractivity contribution in [1.29, 1.82) is 0 Å². The van der Waals surface area contributed by atoms with E-state index in [9.17, 15) is 17.6 Å². The second-order valence-corrected chi connectivity index (χ2v) is 6.51. The number of halogens is 1. The molecule has 0 bridgehead atoms. The average Bonchev–Trinajstić information content (AvgIpc) is 2.48. The normalized spacial score (nSPS) is 11.6. The van der Waals surface area contributed by atoms with Gasteiger partial charge in [-0.25, -0.2) is 17.6 Å². The Morgan fingerprint density at radius 3 is 2.43 bits per heavy atom. The van der Waals surface area contributed by atoms with Crippen molar-refractivity contribution in [3.63, 3.8) is 0 Å². The number of nitrogens with one attached hydrogen (secondary N) is 1. The Balaban J connectivity index is 2.33. The monoisotopic (exact) mass is 335 g/mol. The highest BCUT2D eigenvalue weighted by atomic mass is 32.2. The summed E-state index contributed by atoms with van der Waals surface area (Å²) in [6.45, 7) is 1.82. The number of aliphatic carboxylic acids is 1. The lowest BCUT2D eigenvalue weighted by Gasteiger charge is -2.10. The third kappa shape index (κ3) is 4.40. The fourth-order valence-corrected chi connectivity index (χ4v) is 2.87. The Hall–Kier alpha value is -2.67. The summed E-state index contributed by atoms with van der Waals surface area (Å²) < 4.78 is 40.5. The summed E-state index contributed by atoms with van der Waals surface area (Å²) in [5.41, 5.74) is 1.00. The zero-order valence-corrected chi connectivity index (χ0v) is 13.0. The number of anilines is 1. The number of sulfonamides is 1. The highest BCUT2D eigenvalue weighted by Crippen LogP contribution is 2.21. The van der Waals surface area contributed by atoms with Crippen LogP contribution in [-0.2, 0) is 14.8 Å². The summed E-state index contributed by atoms with van der Waals surface area (Å²) in [6, 6.07) is 9.74. The minimum atomic E-state index is -3.93. The summed E-state index contributed by atoms with van der Waals surface area (Å²) in [7, 11) is -3.93. The fraction of sp³-hybridized carbons (Fsp3) is 0.0625. The smallest absolute Gasteiger partial charge is 0.328 e. The minimum Gasteiger partial charge on any atom is -0.478 e. The fourth-order valence-electron chi connectivity index (χ4n) is 1.81. The Kier molecular flexibility index (Phi) is 4.80. The van der Waals surface area contributed by atoms with Gasteiger partial charge in [-0.15, -0.1) is 0 Å². The van der Waals surface area contributed by atoms with Gasteiger partial charge in [-0.1, -0.05) is 23.8 Å². The molecule has 0 fully saturated rings. The summed E-state index contributed by atoms with van der Waals surface area (Å²) in [4.78, 5) is 10.5. The molecule has 120 valence electrons. The molecule has 0 aromatic heterocycles. The van der Waals surface area contributed by atoms with Crippen molar-refractivity contribution in [2.75, 3.05) is 4.72 Å². The number of carboxylic acids is 1. The van der Waals surface area contributed by atoms with Gasteiger partial charge in [0.25, 0.3) is 10.0 Å². The number of carbonyl (C=O) groups is 1. The van der Waals surface area contributed by atoms with Gasteiger partial charge in [0.15, 0.2) is 0 Å². The van der Waals surface area contributed by atoms with E-state index in [0.717, 1.165) is 17.7 Å². The van der Waals surface area contributed by atoms with Crippen molar-refractivity contribution in [1.82, 2.24) is 0 Å². The first-order valence-corrected chi connectivity index (χ1v) is 8.06. The third-order valence-corrected chi connectivity index (χ3v) is 4.37. The summed E-state index contributed by atoms with van der Waals surface area (Å²) in [6.07, 6.45) is 2.12. The highest BCUT2D eigenvalue weighted by molar-refractivity contribution is 7.92. The Morgan fingerprint density at radius 1 is 1.17 bits per heavy atom. The molecule has 0 saturated heterocycles. The molecule has 0 aliphatic heterocycles. The molecule has 0 heterocycles. The first kappa shape index (κ1) is 16.7. The predicted molar refractivity (Wildman–Crippen MR) is 85.1 cm³/mol. The largest absolute Gasteiger partial charge is 0.478 e. The molecule has 0 radical (unpaired) electrons. The van der Waals surface area contributed by atoms with E-state index in [1.54, 1.807) is 12.1 Å². The van der Waals surface area contributed by atoms with Gasteiger partial charge in [-0.2, -0.15) is 0 Å². The molecule has 5 nitrogen and oxygen atoms in total. The van der Waals surface area contributed by atoms with Gasteiger partial charge in [-0.05, 0) is 42.8 Å². The molecule has 0 spiro atoms. The molecular formula is C16H14FNO4S. The Morgan fingerprint density at radius 2 is 1.83 bits per heavy atom. The average molecular weight is 335 g/mol. The molecule has 0 atom stereocenters. The van der Waals surface area contributed by atoms with Crippen LogP contribution in [0, 0.1) is 12.7 Å². The Labute approximate surface area is 133 Å². The van der Waals surface area contributed by atoms with Crippen molar-refractivity contribution < 1.29 is 22.7 Å². The van der Waals surface area contributed by atoms with E-state index < -0.39 is 21.8 Å². The van der Waals surface area contributed by atoms with Gasteiger partial charge in [0.1, 0.15) is 5.82 Å². The van der Waals surface area contributed by atoms with Crippen molar-refractivity contribution in [3.05, 3.63) is 65.5 Å². The van der Waals surface area contributed by atoms with Crippen LogP contribution in [0.4, 0.5) is 10.1 Å². The number of aryl methyl sites for hydroxylation is 1. The number of carboxylic acid groups (broad SMARTS) is 1. The van der Waals surface area contributed by atoms with Crippen molar-refractivity contribution in [2.24, 2.45) is 0 Å². The minimum absolute atomic E-state index is 0.00832. The first-order valence-electron chi connectivity index (χ1n) is 6.58. The van der Waals surface area contributed by atoms with E-state index in [4.69, 9.17) is 5.11 Å². The number of benzene rings is 2. The zero-order valence-electron chi connectivity index (χ0n) is 12.2. The van der Waals surface area contributed by atoms with Crippen LogP contribution in [0.5, 0.6) is 0 Å². The molecule has 2 aromatic rings. The van der Waals surface area contributed by atoms with Crippen LogP contribution in [0.15, 0.2) is 53.4 Å². The van der Waals surface area contributed by atoms with E-state index in [1.807, 2.05) is 6.92 Å². The molecule has 2 aromatic carbocycles. The van der Waals surface area contributed by atoms with Crippen LogP contribution in [0.1, 0.15) is 11.1 Å². The maximum Gasteiger partial charge on any atom is 0.328 e. The van der Waals surface area contributed by atoms with Crippen LogP contribution >= 0.6 is 0 Å². The topological polar surface area (TPSA) is 83.5 Å². The lowest BCUT2D eigenvalue weighted by molar-refractivity contribution is -0.131. The molecule has 2 rings (SSSR count). The van der Waals surface area contributed by atoms with Gasteiger partial charge in [-0.3, -0.25) is 4.72 Å². The summed E-state index contributed by atoms with van der Waals surface area (Å²) >= 11 is 0. The van der Waals surface area contributed by atoms with Gasteiger partial charge in [0.05, 0.1) is 10.6 Å². The molecule has 0 aliphatic carbocycles. The van der Waals surface area contributed by atoms with Crippen LogP contribution in [0.25, 0.3) is 6.08 Å². The maximum atomic E-state index is 13.8. The van der Waals surface area contributed by atoms with Crippen LogP contribution in [0.2, 0.25) is 0 Å². The highest BCUT2D eigenvalue weighted by Gasteiger charge is 2.16. The SMILES string of the molecule is Cc1ccc(S(=O)(=O)Nc2cc(/C=C/C(=O)O)ccc2F)cc1.